The molecule has 1 aliphatic heterocycles. The van der Waals surface area contributed by atoms with E-state index in [0.29, 0.717) is 30.1 Å². The van der Waals surface area contributed by atoms with E-state index in [-0.39, 0.29) is 23.7 Å². The van der Waals surface area contributed by atoms with Crippen molar-refractivity contribution in [1.82, 2.24) is 4.90 Å². The smallest absolute Gasteiger partial charge is 0.348 e. The molecular weight excluding hydrogens is 400 g/mol. The van der Waals surface area contributed by atoms with Crippen molar-refractivity contribution in [2.45, 2.75) is 57.9 Å². The number of anilines is 1. The molecule has 2 amide bonds. The van der Waals surface area contributed by atoms with Crippen LogP contribution in [0.4, 0.5) is 5.69 Å². The highest BCUT2D eigenvalue weighted by atomic mass is 32.1. The maximum absolute atomic E-state index is 13.0. The summed E-state index contributed by atoms with van der Waals surface area (Å²) in [6.07, 6.45) is 6.88. The van der Waals surface area contributed by atoms with Crippen LogP contribution in [0.5, 0.6) is 0 Å². The minimum Gasteiger partial charge on any atom is -0.462 e. The molecule has 1 aromatic carbocycles. The molecule has 1 saturated carbocycles. The van der Waals surface area contributed by atoms with Crippen LogP contribution in [0.25, 0.3) is 10.1 Å². The summed E-state index contributed by atoms with van der Waals surface area (Å²) in [6, 6.07) is 7.01. The number of hydrogen-bond acceptors (Lipinski definition) is 5. The average Bonchev–Trinajstić information content (AvgIpc) is 3.41. The summed E-state index contributed by atoms with van der Waals surface area (Å²) in [4.78, 5) is 40.2. The van der Waals surface area contributed by atoms with Crippen molar-refractivity contribution in [3.63, 3.8) is 0 Å². The number of carbonyl (C=O) groups excluding carboxylic acids is 3. The highest BCUT2D eigenvalue weighted by Crippen LogP contribution is 2.31. The van der Waals surface area contributed by atoms with Crippen molar-refractivity contribution in [3.05, 3.63) is 29.1 Å². The summed E-state index contributed by atoms with van der Waals surface area (Å²) in [7, 11) is 0. The van der Waals surface area contributed by atoms with Crippen LogP contribution in [0.3, 0.4) is 0 Å². The number of thiophene rings is 1. The molecule has 2 aromatic rings. The van der Waals surface area contributed by atoms with Gasteiger partial charge in [0, 0.05) is 22.8 Å². The Morgan fingerprint density at radius 3 is 2.67 bits per heavy atom. The molecule has 0 unspecified atom stereocenters. The minimum absolute atomic E-state index is 0.0793. The number of esters is 1. The summed E-state index contributed by atoms with van der Waals surface area (Å²) in [5, 5.41) is 3.87. The van der Waals surface area contributed by atoms with Crippen LogP contribution in [-0.2, 0) is 14.3 Å². The zero-order valence-electron chi connectivity index (χ0n) is 17.3. The van der Waals surface area contributed by atoms with Crippen LogP contribution in [0.2, 0.25) is 0 Å². The summed E-state index contributed by atoms with van der Waals surface area (Å²) in [5.41, 5.74) is 0.678. The highest BCUT2D eigenvalue weighted by Gasteiger charge is 2.37. The van der Waals surface area contributed by atoms with Crippen LogP contribution in [0, 0.1) is 5.92 Å². The second kappa shape index (κ2) is 9.16. The molecule has 6 nitrogen and oxygen atoms in total. The van der Waals surface area contributed by atoms with Gasteiger partial charge in [-0.05, 0) is 62.3 Å². The lowest BCUT2D eigenvalue weighted by atomic mass is 9.88. The topological polar surface area (TPSA) is 75.7 Å². The van der Waals surface area contributed by atoms with Crippen LogP contribution < -0.4 is 5.32 Å². The van der Waals surface area contributed by atoms with Gasteiger partial charge in [-0.25, -0.2) is 4.79 Å². The van der Waals surface area contributed by atoms with Gasteiger partial charge in [-0.3, -0.25) is 9.59 Å². The predicted molar refractivity (Wildman–Crippen MR) is 118 cm³/mol. The molecule has 160 valence electrons. The van der Waals surface area contributed by atoms with E-state index < -0.39 is 6.04 Å². The van der Waals surface area contributed by atoms with E-state index in [1.165, 1.54) is 17.8 Å². The number of likely N-dealkylation sites (tertiary alicyclic amines) is 1. The summed E-state index contributed by atoms with van der Waals surface area (Å²) < 4.78 is 6.03. The number of nitrogens with one attached hydrogen (secondary N) is 1. The first-order valence-electron chi connectivity index (χ1n) is 10.9. The normalized spacial score (nSPS) is 19.8. The third-order valence-corrected chi connectivity index (χ3v) is 7.15. The Hall–Kier alpha value is -2.41. The summed E-state index contributed by atoms with van der Waals surface area (Å²) in [6.45, 7) is 2.79. The van der Waals surface area contributed by atoms with Crippen molar-refractivity contribution in [2.24, 2.45) is 5.92 Å². The highest BCUT2D eigenvalue weighted by molar-refractivity contribution is 7.20. The molecule has 1 atom stereocenters. The molecular formula is C23H28N2O4S. The maximum atomic E-state index is 13.0. The van der Waals surface area contributed by atoms with Crippen molar-refractivity contribution in [1.29, 1.82) is 0 Å². The van der Waals surface area contributed by atoms with Crippen LogP contribution >= 0.6 is 11.3 Å². The lowest BCUT2D eigenvalue weighted by Gasteiger charge is -2.30. The Morgan fingerprint density at radius 1 is 1.10 bits per heavy atom. The molecule has 1 N–H and O–H groups in total. The molecule has 1 aliphatic carbocycles. The van der Waals surface area contributed by atoms with E-state index in [4.69, 9.17) is 4.74 Å². The standard InChI is InChI=1S/C23H28N2O4S/c1-2-29-23(28)20-14-16-13-17(10-11-19(16)30-20)24-21(26)18-9-6-12-25(18)22(27)15-7-4-3-5-8-15/h10-11,13-15,18H,2-9,12H2,1H3,(H,24,26)/t18-/m0/s1. The Kier molecular flexibility index (Phi) is 6.37. The van der Waals surface area contributed by atoms with Crippen molar-refractivity contribution < 1.29 is 19.1 Å². The number of amides is 2. The third-order valence-electron chi connectivity index (χ3n) is 6.05. The second-order valence-electron chi connectivity index (χ2n) is 8.10. The lowest BCUT2D eigenvalue weighted by Crippen LogP contribution is -2.46. The Balaban J connectivity index is 1.45. The van der Waals surface area contributed by atoms with Gasteiger partial charge in [-0.2, -0.15) is 0 Å². The van der Waals surface area contributed by atoms with E-state index in [2.05, 4.69) is 5.32 Å². The number of ether oxygens (including phenoxy) is 1. The molecule has 1 aromatic heterocycles. The number of rotatable bonds is 5. The van der Waals surface area contributed by atoms with Gasteiger partial charge in [0.15, 0.2) is 0 Å². The zero-order chi connectivity index (χ0) is 21.1. The Bertz CT molecular complexity index is 948. The molecule has 0 bridgehead atoms. The van der Waals surface area contributed by atoms with Gasteiger partial charge in [0.2, 0.25) is 11.8 Å². The van der Waals surface area contributed by atoms with Gasteiger partial charge >= 0.3 is 5.97 Å². The number of fused-ring (bicyclic) bond motifs is 1. The first-order valence-corrected chi connectivity index (χ1v) is 11.7. The molecule has 7 heteroatoms. The largest absolute Gasteiger partial charge is 0.462 e. The van der Waals surface area contributed by atoms with Gasteiger partial charge in [0.1, 0.15) is 10.9 Å². The number of hydrogen-bond donors (Lipinski definition) is 1. The van der Waals surface area contributed by atoms with Gasteiger partial charge in [0.25, 0.3) is 0 Å². The minimum atomic E-state index is -0.396. The first-order chi connectivity index (χ1) is 14.6. The fourth-order valence-electron chi connectivity index (χ4n) is 4.54. The van der Waals surface area contributed by atoms with Crippen molar-refractivity contribution in [2.75, 3.05) is 18.5 Å². The fraction of sp³-hybridized carbons (Fsp3) is 0.522. The molecule has 2 aliphatic rings. The quantitative estimate of drug-likeness (QED) is 0.707. The maximum Gasteiger partial charge on any atom is 0.348 e. The zero-order valence-corrected chi connectivity index (χ0v) is 18.1. The van der Waals surface area contributed by atoms with Gasteiger partial charge in [0.05, 0.1) is 6.61 Å². The second-order valence-corrected chi connectivity index (χ2v) is 9.18. The molecule has 4 rings (SSSR count). The number of carbonyl (C=O) groups is 3. The Morgan fingerprint density at radius 2 is 1.90 bits per heavy atom. The van der Waals surface area contributed by atoms with E-state index in [1.54, 1.807) is 17.9 Å². The van der Waals surface area contributed by atoms with E-state index in [0.717, 1.165) is 42.2 Å². The summed E-state index contributed by atoms with van der Waals surface area (Å²) >= 11 is 1.38. The fourth-order valence-corrected chi connectivity index (χ4v) is 5.47. The van der Waals surface area contributed by atoms with Gasteiger partial charge < -0.3 is 15.0 Å². The van der Waals surface area contributed by atoms with Crippen LogP contribution in [0.15, 0.2) is 24.3 Å². The molecule has 0 radical (unpaired) electrons. The van der Waals surface area contributed by atoms with Gasteiger partial charge in [-0.1, -0.05) is 19.3 Å². The molecule has 0 spiro atoms. The van der Waals surface area contributed by atoms with E-state index >= 15 is 0 Å². The monoisotopic (exact) mass is 428 g/mol. The van der Waals surface area contributed by atoms with E-state index in [1.807, 2.05) is 18.2 Å². The summed E-state index contributed by atoms with van der Waals surface area (Å²) in [5.74, 6) is -0.223. The molecule has 2 fully saturated rings. The lowest BCUT2D eigenvalue weighted by molar-refractivity contribution is -0.141. The van der Waals surface area contributed by atoms with Crippen molar-refractivity contribution in [3.8, 4) is 0 Å². The predicted octanol–water partition coefficient (Wildman–Crippen LogP) is 4.59. The SMILES string of the molecule is CCOC(=O)c1cc2cc(NC(=O)[C@@H]3CCCN3C(=O)C3CCCCC3)ccc2s1. The number of benzene rings is 1. The Labute approximate surface area is 180 Å². The van der Waals surface area contributed by atoms with Gasteiger partial charge in [-0.15, -0.1) is 11.3 Å². The van der Waals surface area contributed by atoms with E-state index in [9.17, 15) is 14.4 Å². The average molecular weight is 429 g/mol. The number of nitrogens with zero attached hydrogens (tertiary/aromatic N) is 1. The van der Waals surface area contributed by atoms with Crippen LogP contribution in [0.1, 0.15) is 61.5 Å². The van der Waals surface area contributed by atoms with Crippen molar-refractivity contribution >= 4 is 44.9 Å². The third kappa shape index (κ3) is 4.36. The first kappa shape index (κ1) is 20.8. The molecule has 30 heavy (non-hydrogen) atoms. The van der Waals surface area contributed by atoms with Crippen LogP contribution in [-0.4, -0.2) is 41.9 Å². The molecule has 2 heterocycles. The molecule has 1 saturated heterocycles.